The molecular weight excluding hydrogens is 721 g/mol. The summed E-state index contributed by atoms with van der Waals surface area (Å²) in [5.41, 5.74) is 10.2. The van der Waals surface area contributed by atoms with Gasteiger partial charge in [0.1, 0.15) is 0 Å². The van der Waals surface area contributed by atoms with Crippen LogP contribution in [0.25, 0.3) is 66.6 Å². The Morgan fingerprint density at radius 2 is 1.43 bits per heavy atom. The van der Waals surface area contributed by atoms with Gasteiger partial charge in [-0.3, -0.25) is 4.98 Å². The predicted molar refractivity (Wildman–Crippen MR) is 172 cm³/mol. The first-order valence-electron chi connectivity index (χ1n) is 14.1. The second kappa shape index (κ2) is 12.7. The molecule has 0 fully saturated rings. The summed E-state index contributed by atoms with van der Waals surface area (Å²) >= 11 is 0. The van der Waals surface area contributed by atoms with E-state index in [0.717, 1.165) is 72.3 Å². The number of aromatic nitrogens is 4. The van der Waals surface area contributed by atoms with E-state index in [0.29, 0.717) is 5.71 Å². The van der Waals surface area contributed by atoms with Crippen LogP contribution in [0.3, 0.4) is 0 Å². The van der Waals surface area contributed by atoms with E-state index in [-0.39, 0.29) is 20.1 Å². The third kappa shape index (κ3) is 5.91. The van der Waals surface area contributed by atoms with Crippen molar-refractivity contribution in [1.82, 2.24) is 19.9 Å². The van der Waals surface area contributed by atoms with E-state index in [4.69, 9.17) is 4.42 Å². The minimum Gasteiger partial charge on any atom is -0.486 e. The zero-order valence-corrected chi connectivity index (χ0v) is 26.5. The predicted octanol–water partition coefficient (Wildman–Crippen LogP) is 9.22. The van der Waals surface area contributed by atoms with Crippen LogP contribution in [0.4, 0.5) is 0 Å². The van der Waals surface area contributed by atoms with E-state index >= 15 is 0 Å². The van der Waals surface area contributed by atoms with Crippen molar-refractivity contribution >= 4 is 33.0 Å². The van der Waals surface area contributed by atoms with Crippen LogP contribution < -0.4 is 0 Å². The molecule has 5 nitrogen and oxygen atoms in total. The van der Waals surface area contributed by atoms with Gasteiger partial charge in [-0.25, -0.2) is 4.98 Å². The summed E-state index contributed by atoms with van der Waals surface area (Å²) < 4.78 is 6.14. The molecule has 6 heteroatoms. The van der Waals surface area contributed by atoms with Gasteiger partial charge in [-0.05, 0) is 78.8 Å². The van der Waals surface area contributed by atoms with Gasteiger partial charge in [0, 0.05) is 54.7 Å². The fraction of sp³-hybridized carbons (Fsp3) is 0.0526. The van der Waals surface area contributed by atoms with Gasteiger partial charge in [0.25, 0.3) is 0 Å². The smallest absolute Gasteiger partial charge is 0.216 e. The molecule has 0 spiro atoms. The van der Waals surface area contributed by atoms with E-state index in [9.17, 15) is 0 Å². The van der Waals surface area contributed by atoms with Crippen molar-refractivity contribution < 1.29 is 24.5 Å². The van der Waals surface area contributed by atoms with Crippen LogP contribution in [0.5, 0.6) is 0 Å². The van der Waals surface area contributed by atoms with Crippen LogP contribution in [0.15, 0.2) is 126 Å². The minimum atomic E-state index is 0. The van der Waals surface area contributed by atoms with E-state index in [1.54, 1.807) is 6.20 Å². The van der Waals surface area contributed by atoms with E-state index in [2.05, 4.69) is 68.5 Å². The van der Waals surface area contributed by atoms with Crippen molar-refractivity contribution in [2.24, 2.45) is 0 Å². The van der Waals surface area contributed by atoms with Gasteiger partial charge in [-0.15, -0.1) is 54.1 Å². The number of hydrogen-bond acceptors (Lipinski definition) is 5. The number of nitrogens with zero attached hydrogens (tertiary/aromatic N) is 4. The molecule has 0 saturated carbocycles. The average Bonchev–Trinajstić information content (AvgIpc) is 3.43. The number of furan rings is 1. The Labute approximate surface area is 269 Å². The van der Waals surface area contributed by atoms with Gasteiger partial charge in [-0.2, -0.15) is 0 Å². The topological polar surface area (TPSA) is 64.7 Å². The Balaban J connectivity index is 0.000000222. The molecule has 5 heterocycles. The third-order valence-corrected chi connectivity index (χ3v) is 7.27. The van der Waals surface area contributed by atoms with Crippen molar-refractivity contribution in [1.29, 1.82) is 0 Å². The molecule has 3 aromatic carbocycles. The molecular formula is C38H26IrN4O-2. The summed E-state index contributed by atoms with van der Waals surface area (Å²) in [5.74, 6) is 0. The molecule has 8 aromatic rings. The molecule has 44 heavy (non-hydrogen) atoms. The van der Waals surface area contributed by atoms with Crippen LogP contribution in [0.2, 0.25) is 0 Å². The molecule has 215 valence electrons. The number of aryl methyl sites for hydroxylation is 2. The van der Waals surface area contributed by atoms with Crippen LogP contribution in [0, 0.1) is 26.0 Å². The number of pyridine rings is 4. The summed E-state index contributed by atoms with van der Waals surface area (Å²) in [6, 6.07) is 42.7. The Kier molecular flexibility index (Phi) is 8.38. The van der Waals surface area contributed by atoms with Crippen LogP contribution in [-0.2, 0) is 20.1 Å². The first-order valence-corrected chi connectivity index (χ1v) is 14.1. The SMILES string of the molecule is Cc1ccc2cc(-c3ccnc(-c4[c-]ccc5c4oc4nc(C)ccc45)c3)ccc2n1.[Ir].[c-]1ccccc1-c1ccccn1. The average molecular weight is 747 g/mol. The second-order valence-electron chi connectivity index (χ2n) is 10.3. The van der Waals surface area contributed by atoms with E-state index < -0.39 is 0 Å². The van der Waals surface area contributed by atoms with Gasteiger partial charge >= 0.3 is 0 Å². The van der Waals surface area contributed by atoms with Crippen LogP contribution in [-0.4, -0.2) is 19.9 Å². The maximum atomic E-state index is 6.14. The molecule has 5 aromatic heterocycles. The maximum absolute atomic E-state index is 6.14. The quantitative estimate of drug-likeness (QED) is 0.169. The zero-order valence-electron chi connectivity index (χ0n) is 24.1. The van der Waals surface area contributed by atoms with Gasteiger partial charge in [0.15, 0.2) is 0 Å². The maximum Gasteiger partial charge on any atom is 0.216 e. The standard InChI is InChI=1S/C27H18N3O.C11H8N.Ir/c1-16-6-8-20-14-18(9-11-24(20)29-16)19-12-13-28-25(15-19)23-5-3-4-21-22-10-7-17(2)30-27(22)31-26(21)23;1-2-6-10(7-3-1)11-8-4-5-9-12-11;/h3-4,6-15H,1-2H3;1-6,8-9H;/q2*-1;. The molecule has 8 rings (SSSR count). The van der Waals surface area contributed by atoms with Crippen LogP contribution in [0.1, 0.15) is 11.4 Å². The minimum absolute atomic E-state index is 0. The van der Waals surface area contributed by atoms with Crippen molar-refractivity contribution in [2.45, 2.75) is 13.8 Å². The molecule has 0 amide bonds. The molecule has 1 radical (unpaired) electrons. The first-order chi connectivity index (χ1) is 21.1. The van der Waals surface area contributed by atoms with Crippen molar-refractivity contribution in [2.75, 3.05) is 0 Å². The fourth-order valence-corrected chi connectivity index (χ4v) is 5.13. The molecule has 0 saturated heterocycles. The van der Waals surface area contributed by atoms with E-state index in [1.165, 1.54) is 0 Å². The first kappa shape index (κ1) is 29.1. The summed E-state index contributed by atoms with van der Waals surface area (Å²) in [6.07, 6.45) is 3.62. The molecule has 0 N–H and O–H groups in total. The van der Waals surface area contributed by atoms with Gasteiger partial charge in [-0.1, -0.05) is 41.3 Å². The Morgan fingerprint density at radius 1 is 0.614 bits per heavy atom. The summed E-state index contributed by atoms with van der Waals surface area (Å²) in [7, 11) is 0. The fourth-order valence-electron chi connectivity index (χ4n) is 5.13. The molecule has 0 bridgehead atoms. The zero-order chi connectivity index (χ0) is 29.2. The number of fused-ring (bicyclic) bond motifs is 4. The van der Waals surface area contributed by atoms with Crippen molar-refractivity contribution in [3.63, 3.8) is 0 Å². The largest absolute Gasteiger partial charge is 0.486 e. The van der Waals surface area contributed by atoms with Crippen molar-refractivity contribution in [3.05, 3.63) is 145 Å². The number of rotatable bonds is 3. The molecule has 0 aliphatic carbocycles. The Bertz CT molecular complexity index is 2180. The Morgan fingerprint density at radius 3 is 2.27 bits per heavy atom. The van der Waals surface area contributed by atoms with E-state index in [1.807, 2.05) is 92.8 Å². The van der Waals surface area contributed by atoms with Crippen LogP contribution >= 0.6 is 0 Å². The number of benzene rings is 3. The molecule has 0 aliphatic heterocycles. The monoisotopic (exact) mass is 747 g/mol. The number of hydrogen-bond donors (Lipinski definition) is 0. The summed E-state index contributed by atoms with van der Waals surface area (Å²) in [6.45, 7) is 3.97. The van der Waals surface area contributed by atoms with Crippen molar-refractivity contribution in [3.8, 4) is 33.6 Å². The molecule has 0 aliphatic rings. The second-order valence-corrected chi connectivity index (χ2v) is 10.3. The molecule has 0 unspecified atom stereocenters. The molecule has 0 atom stereocenters. The summed E-state index contributed by atoms with van der Waals surface area (Å²) in [5, 5.41) is 3.15. The normalized spacial score (nSPS) is 10.8. The van der Waals surface area contributed by atoms with Gasteiger partial charge in [0.05, 0.1) is 11.1 Å². The Hall–Kier alpha value is -5.03. The van der Waals surface area contributed by atoms with Gasteiger partial charge in [0.2, 0.25) is 5.71 Å². The van der Waals surface area contributed by atoms with Gasteiger partial charge < -0.3 is 14.4 Å². The third-order valence-electron chi connectivity index (χ3n) is 7.27. The summed E-state index contributed by atoms with van der Waals surface area (Å²) in [4.78, 5) is 18.0.